The van der Waals surface area contributed by atoms with Crippen molar-refractivity contribution in [1.82, 2.24) is 4.98 Å². The number of hydrogen-bond donors (Lipinski definition) is 2. The first-order valence-electron chi connectivity index (χ1n) is 16.3. The van der Waals surface area contributed by atoms with Crippen molar-refractivity contribution in [2.75, 3.05) is 5.75 Å². The Hall–Kier alpha value is -3.44. The first-order valence-corrected chi connectivity index (χ1v) is 18.1. The summed E-state index contributed by atoms with van der Waals surface area (Å²) < 4.78 is 12.3. The second kappa shape index (κ2) is 18.6. The van der Waals surface area contributed by atoms with Crippen molar-refractivity contribution < 1.29 is 34.1 Å². The first-order chi connectivity index (χ1) is 22.3. The predicted molar refractivity (Wildman–Crippen MR) is 183 cm³/mol. The smallest absolute Gasteiger partial charge is 0.329 e. The topological polar surface area (TPSA) is 135 Å². The molecule has 1 aliphatic rings. The maximum Gasteiger partial charge on any atom is 0.329 e. The number of hydrogen-bond acceptors (Lipinski definition) is 9. The van der Waals surface area contributed by atoms with E-state index >= 15 is 0 Å². The first kappa shape index (κ1) is 35.4. The highest BCUT2D eigenvalue weighted by Crippen LogP contribution is 2.32. The molecule has 46 heavy (non-hydrogen) atoms. The molecule has 2 unspecified atom stereocenters. The van der Waals surface area contributed by atoms with Crippen LogP contribution in [0.1, 0.15) is 101 Å². The summed E-state index contributed by atoms with van der Waals surface area (Å²) in [5.41, 5.74) is 1.65. The standard InChI is InChI=1S/C35H44N2O7S2/c1-2-3-4-5-6-7-8-9-10-11-12-13-14-27(33(38)39)35(42)44-25-17-15-24(16-18-25)22-43-26-19-20-28-30(21-26)46-32(36-28)31-37-29(23-45-31)34(40)41/h15-21,27,29H,2-14,22-23H2,1H3,(H,38,39)(H,40,41). The monoisotopic (exact) mass is 668 g/mol. The van der Waals surface area contributed by atoms with Gasteiger partial charge in [0.2, 0.25) is 0 Å². The fourth-order valence-corrected chi connectivity index (χ4v) is 7.33. The van der Waals surface area contributed by atoms with Gasteiger partial charge in [0.15, 0.2) is 12.0 Å². The fourth-order valence-electron chi connectivity index (χ4n) is 5.24. The Kier molecular flexibility index (Phi) is 14.4. The quantitative estimate of drug-likeness (QED) is 0.0495. The van der Waals surface area contributed by atoms with Gasteiger partial charge >= 0.3 is 17.9 Å². The Morgan fingerprint density at radius 2 is 1.50 bits per heavy atom. The van der Waals surface area contributed by atoms with Gasteiger partial charge in [-0.3, -0.25) is 14.6 Å². The number of thioether (sulfide) groups is 1. The molecule has 0 saturated heterocycles. The number of aliphatic carboxylic acids is 2. The van der Waals surface area contributed by atoms with Gasteiger partial charge in [-0.2, -0.15) is 0 Å². The van der Waals surface area contributed by atoms with E-state index in [0.717, 1.165) is 35.0 Å². The molecular weight excluding hydrogens is 625 g/mol. The third-order valence-corrected chi connectivity index (χ3v) is 10.2. The van der Waals surface area contributed by atoms with Gasteiger partial charge in [-0.05, 0) is 42.3 Å². The lowest BCUT2D eigenvalue weighted by Crippen LogP contribution is -2.28. The van der Waals surface area contributed by atoms with E-state index in [1.54, 1.807) is 24.3 Å². The Balaban J connectivity index is 1.17. The van der Waals surface area contributed by atoms with Crippen molar-refractivity contribution in [3.05, 3.63) is 53.0 Å². The maximum atomic E-state index is 12.7. The molecule has 0 radical (unpaired) electrons. The zero-order chi connectivity index (χ0) is 32.7. The maximum absolute atomic E-state index is 12.7. The number of fused-ring (bicyclic) bond motifs is 1. The number of thiazole rings is 1. The SMILES string of the molecule is CCCCCCCCCCCCCCC(C(=O)O)C(=O)Oc1ccc(COc2ccc3nc(C4=NC(C(=O)O)CS4)sc3c2)cc1. The molecule has 0 amide bonds. The lowest BCUT2D eigenvalue weighted by Gasteiger charge is -2.12. The van der Waals surface area contributed by atoms with Crippen LogP contribution in [0.25, 0.3) is 10.2 Å². The molecule has 0 saturated carbocycles. The second-order valence-electron chi connectivity index (χ2n) is 11.7. The van der Waals surface area contributed by atoms with Crippen LogP contribution < -0.4 is 9.47 Å². The molecule has 0 bridgehead atoms. The highest BCUT2D eigenvalue weighted by Gasteiger charge is 2.28. The number of carbonyl (C=O) groups is 3. The number of ether oxygens (including phenoxy) is 2. The van der Waals surface area contributed by atoms with E-state index in [2.05, 4.69) is 16.9 Å². The number of esters is 1. The van der Waals surface area contributed by atoms with Crippen LogP contribution in [0.4, 0.5) is 0 Å². The molecule has 1 aliphatic heterocycles. The molecule has 3 aromatic rings. The van der Waals surface area contributed by atoms with Crippen LogP contribution in [0.5, 0.6) is 11.5 Å². The zero-order valence-electron chi connectivity index (χ0n) is 26.4. The van der Waals surface area contributed by atoms with E-state index in [9.17, 15) is 24.6 Å². The van der Waals surface area contributed by atoms with Gasteiger partial charge in [-0.15, -0.1) is 23.1 Å². The van der Waals surface area contributed by atoms with Gasteiger partial charge in [0.05, 0.1) is 10.2 Å². The van der Waals surface area contributed by atoms with E-state index in [1.165, 1.54) is 74.5 Å². The van der Waals surface area contributed by atoms with E-state index < -0.39 is 29.9 Å². The predicted octanol–water partition coefficient (Wildman–Crippen LogP) is 8.52. The Morgan fingerprint density at radius 1 is 0.870 bits per heavy atom. The molecule has 0 fully saturated rings. The normalized spacial score (nSPS) is 15.1. The summed E-state index contributed by atoms with van der Waals surface area (Å²) in [4.78, 5) is 44.5. The number of carbonyl (C=O) groups excluding carboxylic acids is 1. The molecule has 2 aromatic carbocycles. The molecule has 4 rings (SSSR count). The lowest BCUT2D eigenvalue weighted by molar-refractivity contribution is -0.153. The lowest BCUT2D eigenvalue weighted by atomic mass is 10.00. The summed E-state index contributed by atoms with van der Waals surface area (Å²) in [5.74, 6) is -2.63. The average Bonchev–Trinajstić information content (AvgIpc) is 3.70. The van der Waals surface area contributed by atoms with Crippen molar-refractivity contribution in [2.24, 2.45) is 10.9 Å². The van der Waals surface area contributed by atoms with E-state index in [4.69, 9.17) is 9.47 Å². The van der Waals surface area contributed by atoms with Gasteiger partial charge in [0.25, 0.3) is 0 Å². The largest absolute Gasteiger partial charge is 0.489 e. The van der Waals surface area contributed by atoms with Crippen LogP contribution in [-0.4, -0.2) is 49.9 Å². The summed E-state index contributed by atoms with van der Waals surface area (Å²) in [6, 6.07) is 11.7. The van der Waals surface area contributed by atoms with Crippen LogP contribution in [0.15, 0.2) is 47.5 Å². The van der Waals surface area contributed by atoms with Crippen LogP contribution in [-0.2, 0) is 21.0 Å². The highest BCUT2D eigenvalue weighted by atomic mass is 32.2. The highest BCUT2D eigenvalue weighted by molar-refractivity contribution is 8.15. The summed E-state index contributed by atoms with van der Waals surface area (Å²) in [6.45, 7) is 2.52. The van der Waals surface area contributed by atoms with Crippen molar-refractivity contribution in [3.63, 3.8) is 0 Å². The van der Waals surface area contributed by atoms with E-state index in [0.29, 0.717) is 33.7 Å². The third-order valence-electron chi connectivity index (χ3n) is 7.96. The Morgan fingerprint density at radius 3 is 2.11 bits per heavy atom. The molecule has 1 aromatic heterocycles. The third kappa shape index (κ3) is 11.1. The number of aromatic nitrogens is 1. The second-order valence-corrected chi connectivity index (χ2v) is 13.7. The van der Waals surface area contributed by atoms with E-state index in [1.807, 2.05) is 18.2 Å². The van der Waals surface area contributed by atoms with Crippen molar-refractivity contribution >= 4 is 56.3 Å². The van der Waals surface area contributed by atoms with Crippen molar-refractivity contribution in [1.29, 1.82) is 0 Å². The molecule has 2 heterocycles. The van der Waals surface area contributed by atoms with Gasteiger partial charge in [-0.25, -0.2) is 9.78 Å². The average molecular weight is 669 g/mol. The molecule has 0 spiro atoms. The Labute approximate surface area is 278 Å². The van der Waals surface area contributed by atoms with Gasteiger partial charge in [-0.1, -0.05) is 96.1 Å². The molecule has 2 N–H and O–H groups in total. The minimum absolute atomic E-state index is 0.277. The fraction of sp³-hybridized carbons (Fsp3) is 0.514. The summed E-state index contributed by atoms with van der Waals surface area (Å²) in [6.07, 6.45) is 14.5. The summed E-state index contributed by atoms with van der Waals surface area (Å²) in [7, 11) is 0. The van der Waals surface area contributed by atoms with Crippen LogP contribution >= 0.6 is 23.1 Å². The van der Waals surface area contributed by atoms with Gasteiger partial charge < -0.3 is 19.7 Å². The number of aliphatic imine (C=N–C) groups is 1. The molecule has 9 nitrogen and oxygen atoms in total. The van der Waals surface area contributed by atoms with Crippen LogP contribution in [0, 0.1) is 5.92 Å². The number of unbranched alkanes of at least 4 members (excludes halogenated alkanes) is 11. The number of carboxylic acid groups (broad SMARTS) is 2. The Bertz CT molecular complexity index is 1470. The number of rotatable bonds is 21. The van der Waals surface area contributed by atoms with Crippen molar-refractivity contribution in [2.45, 2.75) is 103 Å². The molecule has 11 heteroatoms. The van der Waals surface area contributed by atoms with Gasteiger partial charge in [0.1, 0.15) is 28.2 Å². The number of nitrogens with zero attached hydrogens (tertiary/aromatic N) is 2. The van der Waals surface area contributed by atoms with Crippen LogP contribution in [0.2, 0.25) is 0 Å². The molecule has 248 valence electrons. The van der Waals surface area contributed by atoms with Crippen LogP contribution in [0.3, 0.4) is 0 Å². The summed E-state index contributed by atoms with van der Waals surface area (Å²) >= 11 is 2.84. The minimum atomic E-state index is -1.17. The summed E-state index contributed by atoms with van der Waals surface area (Å²) in [5, 5.41) is 20.2. The van der Waals surface area contributed by atoms with E-state index in [-0.39, 0.29) is 13.0 Å². The van der Waals surface area contributed by atoms with Gasteiger partial charge in [0, 0.05) is 5.75 Å². The molecule has 0 aliphatic carbocycles. The number of carboxylic acids is 2. The molecular formula is C35H44N2O7S2. The van der Waals surface area contributed by atoms with Crippen molar-refractivity contribution in [3.8, 4) is 11.5 Å². The number of benzene rings is 2. The minimum Gasteiger partial charge on any atom is -0.489 e. The molecule has 2 atom stereocenters. The zero-order valence-corrected chi connectivity index (χ0v) is 28.1.